The lowest BCUT2D eigenvalue weighted by Gasteiger charge is -2.09. The SMILES string of the molecule is C/C(=N\OCO/N=C(\C)c1cccc(C(F)(F)F)c1)c1cccc(C(F)(F)F)c1. The molecule has 0 bridgehead atoms. The average Bonchev–Trinajstić information content (AvgIpc) is 2.66. The van der Waals surface area contributed by atoms with Crippen LogP contribution in [-0.4, -0.2) is 18.2 Å². The first kappa shape index (κ1) is 22.3. The highest BCUT2D eigenvalue weighted by atomic mass is 19.4. The second-order valence-electron chi connectivity index (χ2n) is 5.89. The first-order valence-electron chi connectivity index (χ1n) is 8.17. The highest BCUT2D eigenvalue weighted by Crippen LogP contribution is 2.30. The topological polar surface area (TPSA) is 43.2 Å². The normalized spacial score (nSPS) is 13.4. The predicted octanol–water partition coefficient (Wildman–Crippen LogP) is 5.86. The van der Waals surface area contributed by atoms with Gasteiger partial charge in [-0.3, -0.25) is 0 Å². The number of hydrogen-bond acceptors (Lipinski definition) is 4. The van der Waals surface area contributed by atoms with Gasteiger partial charge in [-0.2, -0.15) is 26.3 Å². The van der Waals surface area contributed by atoms with Gasteiger partial charge in [0.2, 0.25) is 0 Å². The van der Waals surface area contributed by atoms with Crippen LogP contribution in [0.1, 0.15) is 36.1 Å². The highest BCUT2D eigenvalue weighted by Gasteiger charge is 2.31. The van der Waals surface area contributed by atoms with Gasteiger partial charge in [-0.15, -0.1) is 0 Å². The monoisotopic (exact) mass is 418 g/mol. The summed E-state index contributed by atoms with van der Waals surface area (Å²) in [5.41, 5.74) is -0.854. The van der Waals surface area contributed by atoms with E-state index in [2.05, 4.69) is 10.3 Å². The van der Waals surface area contributed by atoms with Crippen LogP contribution in [0, 0.1) is 0 Å². The molecule has 0 radical (unpaired) electrons. The van der Waals surface area contributed by atoms with E-state index in [1.54, 1.807) is 0 Å². The third-order valence-electron chi connectivity index (χ3n) is 3.72. The van der Waals surface area contributed by atoms with E-state index in [1.165, 1.54) is 38.1 Å². The quantitative estimate of drug-likeness (QED) is 0.194. The molecule has 10 heteroatoms. The Balaban J connectivity index is 1.95. The van der Waals surface area contributed by atoms with E-state index in [9.17, 15) is 26.3 Å². The summed E-state index contributed by atoms with van der Waals surface area (Å²) in [6.45, 7) is 2.42. The number of oxime groups is 2. The van der Waals surface area contributed by atoms with Gasteiger partial charge in [0.25, 0.3) is 6.79 Å². The molecule has 0 N–H and O–H groups in total. The van der Waals surface area contributed by atoms with E-state index in [4.69, 9.17) is 9.68 Å². The molecule has 0 aliphatic heterocycles. The standard InChI is InChI=1S/C19H16F6N2O2/c1-12(14-5-3-7-16(9-14)18(20,21)22)26-28-11-29-27-13(2)15-6-4-8-17(10-15)19(23,24)25/h3-10H,11H2,1-2H3/b26-12+,27-13+. The van der Waals surface area contributed by atoms with Gasteiger partial charge >= 0.3 is 12.4 Å². The average molecular weight is 418 g/mol. The van der Waals surface area contributed by atoms with Crippen LogP contribution in [0.4, 0.5) is 26.3 Å². The lowest BCUT2D eigenvalue weighted by Crippen LogP contribution is -2.07. The van der Waals surface area contributed by atoms with Gasteiger partial charge in [0.1, 0.15) is 0 Å². The van der Waals surface area contributed by atoms with Crippen LogP contribution in [0.15, 0.2) is 58.8 Å². The molecule has 0 amide bonds. The van der Waals surface area contributed by atoms with Crippen molar-refractivity contribution in [3.05, 3.63) is 70.8 Å². The lowest BCUT2D eigenvalue weighted by atomic mass is 10.1. The minimum Gasteiger partial charge on any atom is -0.352 e. The molecule has 0 unspecified atom stereocenters. The van der Waals surface area contributed by atoms with Gasteiger partial charge < -0.3 is 9.68 Å². The molecule has 29 heavy (non-hydrogen) atoms. The Morgan fingerprint density at radius 3 is 1.45 bits per heavy atom. The van der Waals surface area contributed by atoms with Crippen molar-refractivity contribution in [1.29, 1.82) is 0 Å². The summed E-state index contributed by atoms with van der Waals surface area (Å²) in [4.78, 5) is 9.67. The molecule has 0 spiro atoms. The summed E-state index contributed by atoms with van der Waals surface area (Å²) < 4.78 is 76.3. The van der Waals surface area contributed by atoms with Gasteiger partial charge in [0, 0.05) is 0 Å². The Bertz CT molecular complexity index is 831. The van der Waals surface area contributed by atoms with Gasteiger partial charge in [-0.05, 0) is 49.2 Å². The molecule has 0 fully saturated rings. The molecule has 0 aromatic heterocycles. The zero-order valence-corrected chi connectivity index (χ0v) is 15.3. The van der Waals surface area contributed by atoms with Crippen LogP contribution in [0.5, 0.6) is 0 Å². The minimum atomic E-state index is -4.48. The Labute approximate surface area is 162 Å². The third kappa shape index (κ3) is 6.51. The van der Waals surface area contributed by atoms with Gasteiger partial charge in [0.05, 0.1) is 22.6 Å². The molecule has 2 aromatic rings. The van der Waals surface area contributed by atoms with Crippen molar-refractivity contribution in [3.8, 4) is 0 Å². The van der Waals surface area contributed by atoms with E-state index >= 15 is 0 Å². The van der Waals surface area contributed by atoms with E-state index < -0.39 is 30.3 Å². The molecule has 0 aliphatic rings. The molecule has 2 rings (SSSR count). The Kier molecular flexibility index (Phi) is 6.89. The van der Waals surface area contributed by atoms with Crippen molar-refractivity contribution in [2.24, 2.45) is 10.3 Å². The molecule has 0 aliphatic carbocycles. The van der Waals surface area contributed by atoms with Crippen molar-refractivity contribution < 1.29 is 36.0 Å². The fraction of sp³-hybridized carbons (Fsp3) is 0.263. The van der Waals surface area contributed by atoms with Crippen LogP contribution in [-0.2, 0) is 22.0 Å². The van der Waals surface area contributed by atoms with Crippen molar-refractivity contribution in [1.82, 2.24) is 0 Å². The summed E-state index contributed by atoms with van der Waals surface area (Å²) in [5, 5.41) is 7.28. The summed E-state index contributed by atoms with van der Waals surface area (Å²) in [5.74, 6) is 0. The molecule has 2 aromatic carbocycles. The van der Waals surface area contributed by atoms with Crippen molar-refractivity contribution in [3.63, 3.8) is 0 Å². The molecule has 156 valence electrons. The second-order valence-corrected chi connectivity index (χ2v) is 5.89. The highest BCUT2D eigenvalue weighted by molar-refractivity contribution is 5.99. The van der Waals surface area contributed by atoms with E-state index in [0.717, 1.165) is 24.3 Å². The number of halogens is 6. The maximum absolute atomic E-state index is 12.7. The van der Waals surface area contributed by atoms with Crippen molar-refractivity contribution in [2.75, 3.05) is 6.79 Å². The van der Waals surface area contributed by atoms with Gasteiger partial charge in [-0.1, -0.05) is 34.6 Å². The number of nitrogens with zero attached hydrogens (tertiary/aromatic N) is 2. The minimum absolute atomic E-state index is 0.179. The van der Waals surface area contributed by atoms with Gasteiger partial charge in [0.15, 0.2) is 0 Å². The third-order valence-corrected chi connectivity index (χ3v) is 3.72. The number of hydrogen-bond donors (Lipinski definition) is 0. The summed E-state index contributed by atoms with van der Waals surface area (Å²) >= 11 is 0. The number of rotatable bonds is 6. The first-order chi connectivity index (χ1) is 13.5. The molecule has 4 nitrogen and oxygen atoms in total. The predicted molar refractivity (Wildman–Crippen MR) is 94.3 cm³/mol. The van der Waals surface area contributed by atoms with Crippen molar-refractivity contribution >= 4 is 11.4 Å². The Hall–Kier alpha value is -3.04. The second kappa shape index (κ2) is 8.97. The van der Waals surface area contributed by atoms with E-state index in [-0.39, 0.29) is 22.6 Å². The summed E-state index contributed by atoms with van der Waals surface area (Å²) in [7, 11) is 0. The largest absolute Gasteiger partial charge is 0.416 e. The van der Waals surface area contributed by atoms with Crippen molar-refractivity contribution in [2.45, 2.75) is 26.2 Å². The van der Waals surface area contributed by atoms with Gasteiger partial charge in [-0.25, -0.2) is 0 Å². The number of alkyl halides is 6. The maximum atomic E-state index is 12.7. The lowest BCUT2D eigenvalue weighted by molar-refractivity contribution is -0.138. The van der Waals surface area contributed by atoms with Crippen LogP contribution < -0.4 is 0 Å². The van der Waals surface area contributed by atoms with Crippen LogP contribution in [0.3, 0.4) is 0 Å². The van der Waals surface area contributed by atoms with Crippen LogP contribution in [0.25, 0.3) is 0 Å². The molecule has 0 saturated heterocycles. The first-order valence-corrected chi connectivity index (χ1v) is 8.17. The summed E-state index contributed by atoms with van der Waals surface area (Å²) in [6, 6.07) is 9.10. The molecule has 0 saturated carbocycles. The molecular weight excluding hydrogens is 402 g/mol. The van der Waals surface area contributed by atoms with Crippen LogP contribution >= 0.6 is 0 Å². The Morgan fingerprint density at radius 2 is 1.10 bits per heavy atom. The van der Waals surface area contributed by atoms with E-state index in [1.807, 2.05) is 0 Å². The maximum Gasteiger partial charge on any atom is 0.416 e. The zero-order chi connectivity index (χ0) is 21.7. The fourth-order valence-corrected chi connectivity index (χ4v) is 2.22. The number of benzene rings is 2. The molecule has 0 atom stereocenters. The Morgan fingerprint density at radius 1 is 0.724 bits per heavy atom. The fourth-order valence-electron chi connectivity index (χ4n) is 2.22. The van der Waals surface area contributed by atoms with E-state index in [0.29, 0.717) is 0 Å². The van der Waals surface area contributed by atoms with Crippen LogP contribution in [0.2, 0.25) is 0 Å². The molecular formula is C19H16F6N2O2. The molecule has 0 heterocycles. The smallest absolute Gasteiger partial charge is 0.352 e. The summed E-state index contributed by atoms with van der Waals surface area (Å²) in [6.07, 6.45) is -8.95. The zero-order valence-electron chi connectivity index (χ0n) is 15.3.